The van der Waals surface area contributed by atoms with Crippen molar-refractivity contribution in [3.63, 3.8) is 0 Å². The third kappa shape index (κ3) is 3.58. The Morgan fingerprint density at radius 2 is 2.10 bits per heavy atom. The van der Waals surface area contributed by atoms with Crippen LogP contribution in [-0.2, 0) is 16.6 Å². The van der Waals surface area contributed by atoms with Crippen LogP contribution in [0.4, 0.5) is 10.2 Å². The third-order valence-corrected chi connectivity index (χ3v) is 4.97. The predicted molar refractivity (Wildman–Crippen MR) is 79.8 cm³/mol. The lowest BCUT2D eigenvalue weighted by Gasteiger charge is -2.09. The number of rotatable bonds is 4. The number of aliphatic hydroxyl groups is 1. The van der Waals surface area contributed by atoms with Crippen molar-refractivity contribution in [3.8, 4) is 0 Å². The number of anilines is 1. The Morgan fingerprint density at radius 3 is 2.71 bits per heavy atom. The molecule has 0 saturated heterocycles. The lowest BCUT2D eigenvalue weighted by atomic mass is 10.2. The van der Waals surface area contributed by atoms with E-state index in [9.17, 15) is 12.8 Å². The summed E-state index contributed by atoms with van der Waals surface area (Å²) in [5, 5.41) is 8.99. The van der Waals surface area contributed by atoms with Crippen LogP contribution < -0.4 is 4.72 Å². The second-order valence-electron chi connectivity index (χ2n) is 4.34. The van der Waals surface area contributed by atoms with E-state index in [1.807, 2.05) is 0 Å². The summed E-state index contributed by atoms with van der Waals surface area (Å²) in [6, 6.07) is 4.78. The van der Waals surface area contributed by atoms with Gasteiger partial charge in [0.2, 0.25) is 0 Å². The molecule has 2 rings (SSSR count). The van der Waals surface area contributed by atoms with Crippen molar-refractivity contribution in [2.75, 3.05) is 4.72 Å². The molecule has 0 aliphatic carbocycles. The van der Waals surface area contributed by atoms with Crippen molar-refractivity contribution in [2.24, 2.45) is 0 Å². The number of aromatic nitrogens is 1. The van der Waals surface area contributed by atoms with Crippen LogP contribution in [0.1, 0.15) is 11.1 Å². The Balaban J connectivity index is 2.35. The van der Waals surface area contributed by atoms with Gasteiger partial charge >= 0.3 is 0 Å². The normalized spacial score (nSPS) is 11.4. The van der Waals surface area contributed by atoms with Crippen LogP contribution in [-0.4, -0.2) is 18.5 Å². The summed E-state index contributed by atoms with van der Waals surface area (Å²) in [6.45, 7) is 1.22. The summed E-state index contributed by atoms with van der Waals surface area (Å²) in [7, 11) is -3.90. The number of pyridine rings is 1. The average Bonchev–Trinajstić information content (AvgIpc) is 2.43. The quantitative estimate of drug-likeness (QED) is 0.861. The molecule has 0 bridgehead atoms. The molecule has 0 radical (unpaired) electrons. The number of aliphatic hydroxyl groups excluding tert-OH is 1. The van der Waals surface area contributed by atoms with E-state index in [1.54, 1.807) is 13.0 Å². The molecular formula is C13H12BrFN2O3S. The molecule has 112 valence electrons. The highest BCUT2D eigenvalue weighted by Gasteiger charge is 2.17. The Bertz CT molecular complexity index is 781. The molecule has 0 fully saturated rings. The van der Waals surface area contributed by atoms with Crippen LogP contribution in [0.25, 0.3) is 0 Å². The minimum atomic E-state index is -3.90. The summed E-state index contributed by atoms with van der Waals surface area (Å²) >= 11 is 3.27. The fourth-order valence-corrected chi connectivity index (χ4v) is 2.90. The highest BCUT2D eigenvalue weighted by atomic mass is 79.9. The van der Waals surface area contributed by atoms with Gasteiger partial charge in [0, 0.05) is 16.2 Å². The van der Waals surface area contributed by atoms with Crippen molar-refractivity contribution in [2.45, 2.75) is 18.4 Å². The summed E-state index contributed by atoms with van der Waals surface area (Å²) in [5.41, 5.74) is 0.732. The lowest BCUT2D eigenvalue weighted by Crippen LogP contribution is -2.14. The van der Waals surface area contributed by atoms with Crippen LogP contribution in [0.5, 0.6) is 0 Å². The zero-order valence-corrected chi connectivity index (χ0v) is 13.4. The Morgan fingerprint density at radius 1 is 1.38 bits per heavy atom. The second kappa shape index (κ2) is 6.08. The van der Waals surface area contributed by atoms with Gasteiger partial charge in [-0.05, 0) is 52.7 Å². The standard InChI is InChI=1S/C13H12BrFN2O3S/c1-8-4-13(16-6-11(8)14)17-21(19,20)10-2-3-12(15)9(5-10)7-18/h2-6,18H,7H2,1H3,(H,16,17). The van der Waals surface area contributed by atoms with E-state index in [2.05, 4.69) is 25.6 Å². The van der Waals surface area contributed by atoms with Crippen molar-refractivity contribution >= 4 is 31.8 Å². The molecule has 1 heterocycles. The molecule has 2 N–H and O–H groups in total. The molecule has 0 unspecified atom stereocenters. The van der Waals surface area contributed by atoms with E-state index >= 15 is 0 Å². The summed E-state index contributed by atoms with van der Waals surface area (Å²) in [4.78, 5) is 3.81. The monoisotopic (exact) mass is 374 g/mol. The maximum atomic E-state index is 13.3. The molecule has 5 nitrogen and oxygen atoms in total. The van der Waals surface area contributed by atoms with Crippen LogP contribution in [0.2, 0.25) is 0 Å². The number of nitrogens with zero attached hydrogens (tertiary/aromatic N) is 1. The summed E-state index contributed by atoms with van der Waals surface area (Å²) in [5.74, 6) is -0.500. The van der Waals surface area contributed by atoms with Gasteiger partial charge in [0.25, 0.3) is 10.0 Å². The average molecular weight is 375 g/mol. The molecule has 1 aromatic heterocycles. The van der Waals surface area contributed by atoms with Gasteiger partial charge in [0.1, 0.15) is 11.6 Å². The first-order valence-electron chi connectivity index (χ1n) is 5.88. The number of sulfonamides is 1. The second-order valence-corrected chi connectivity index (χ2v) is 6.87. The highest BCUT2D eigenvalue weighted by molar-refractivity contribution is 9.10. The minimum Gasteiger partial charge on any atom is -0.392 e. The molecular weight excluding hydrogens is 363 g/mol. The van der Waals surface area contributed by atoms with Crippen LogP contribution in [0, 0.1) is 12.7 Å². The largest absolute Gasteiger partial charge is 0.392 e. The summed E-state index contributed by atoms with van der Waals surface area (Å²) in [6.07, 6.45) is 1.48. The van der Waals surface area contributed by atoms with Crippen LogP contribution in [0.15, 0.2) is 39.8 Å². The van der Waals surface area contributed by atoms with Gasteiger partial charge in [-0.2, -0.15) is 0 Å². The van der Waals surface area contributed by atoms with Gasteiger partial charge in [-0.25, -0.2) is 17.8 Å². The molecule has 0 aliphatic heterocycles. The molecule has 1 aromatic carbocycles. The van der Waals surface area contributed by atoms with Crippen LogP contribution in [0.3, 0.4) is 0 Å². The van der Waals surface area contributed by atoms with Gasteiger partial charge in [0.05, 0.1) is 11.5 Å². The Kier molecular flexibility index (Phi) is 4.60. The van der Waals surface area contributed by atoms with Crippen molar-refractivity contribution in [1.82, 2.24) is 4.98 Å². The maximum Gasteiger partial charge on any atom is 0.263 e. The molecule has 21 heavy (non-hydrogen) atoms. The molecule has 8 heteroatoms. The zero-order chi connectivity index (χ0) is 15.6. The van der Waals surface area contributed by atoms with Gasteiger partial charge in [-0.3, -0.25) is 4.72 Å². The zero-order valence-electron chi connectivity index (χ0n) is 11.0. The number of benzene rings is 1. The van der Waals surface area contributed by atoms with Gasteiger partial charge in [0.15, 0.2) is 0 Å². The fraction of sp³-hybridized carbons (Fsp3) is 0.154. The van der Waals surface area contributed by atoms with Crippen molar-refractivity contribution < 1.29 is 17.9 Å². The minimum absolute atomic E-state index is 0.0854. The molecule has 2 aromatic rings. The smallest absolute Gasteiger partial charge is 0.263 e. The van der Waals surface area contributed by atoms with E-state index in [0.29, 0.717) is 0 Å². The maximum absolute atomic E-state index is 13.3. The van der Waals surface area contributed by atoms with E-state index in [4.69, 9.17) is 5.11 Å². The van der Waals surface area contributed by atoms with Crippen molar-refractivity contribution in [3.05, 3.63) is 51.9 Å². The van der Waals surface area contributed by atoms with E-state index in [1.165, 1.54) is 6.20 Å². The molecule has 0 amide bonds. The van der Waals surface area contributed by atoms with Gasteiger partial charge in [-0.1, -0.05) is 0 Å². The number of hydrogen-bond acceptors (Lipinski definition) is 4. The first-order valence-corrected chi connectivity index (χ1v) is 8.15. The number of nitrogens with one attached hydrogen (secondary N) is 1. The van der Waals surface area contributed by atoms with E-state index in [0.717, 1.165) is 28.2 Å². The fourth-order valence-electron chi connectivity index (χ4n) is 1.63. The topological polar surface area (TPSA) is 79.3 Å². The van der Waals surface area contributed by atoms with Crippen molar-refractivity contribution in [1.29, 1.82) is 0 Å². The Hall–Kier alpha value is -1.51. The molecule has 0 aliphatic rings. The molecule has 0 spiro atoms. The number of aryl methyl sites for hydroxylation is 1. The van der Waals surface area contributed by atoms with E-state index in [-0.39, 0.29) is 16.3 Å². The van der Waals surface area contributed by atoms with E-state index < -0.39 is 22.4 Å². The predicted octanol–water partition coefficient (Wildman–Crippen LogP) is 2.58. The molecule has 0 saturated carbocycles. The Labute approximate surface area is 130 Å². The number of halogens is 2. The SMILES string of the molecule is Cc1cc(NS(=O)(=O)c2ccc(F)c(CO)c2)ncc1Br. The summed E-state index contributed by atoms with van der Waals surface area (Å²) < 4.78 is 40.8. The number of hydrogen-bond donors (Lipinski definition) is 2. The molecule has 0 atom stereocenters. The highest BCUT2D eigenvalue weighted by Crippen LogP contribution is 2.21. The first-order chi connectivity index (χ1) is 9.83. The van der Waals surface area contributed by atoms with Crippen LogP contribution >= 0.6 is 15.9 Å². The lowest BCUT2D eigenvalue weighted by molar-refractivity contribution is 0.275. The third-order valence-electron chi connectivity index (χ3n) is 2.78. The van der Waals surface area contributed by atoms with Gasteiger partial charge < -0.3 is 5.11 Å². The first kappa shape index (κ1) is 15.9. The van der Waals surface area contributed by atoms with Gasteiger partial charge in [-0.15, -0.1) is 0 Å².